The van der Waals surface area contributed by atoms with Gasteiger partial charge in [0.2, 0.25) is 5.91 Å². The third-order valence-electron chi connectivity index (χ3n) is 5.44. The summed E-state index contributed by atoms with van der Waals surface area (Å²) in [5.74, 6) is -3.82. The van der Waals surface area contributed by atoms with Crippen LogP contribution in [0, 0.1) is 11.8 Å². The van der Waals surface area contributed by atoms with E-state index < -0.39 is 37.1 Å². The molecule has 0 bridgehead atoms. The van der Waals surface area contributed by atoms with Crippen molar-refractivity contribution in [2.24, 2.45) is 11.8 Å². The maximum Gasteiger partial charge on any atom is 0.352 e. The first-order chi connectivity index (χ1) is 14.2. The third-order valence-corrected chi connectivity index (χ3v) is 7.83. The van der Waals surface area contributed by atoms with E-state index in [0.29, 0.717) is 6.42 Å². The highest BCUT2D eigenvalue weighted by Crippen LogP contribution is 2.53. The second-order valence-corrected chi connectivity index (χ2v) is 10.2. The fourth-order valence-electron chi connectivity index (χ4n) is 3.27. The van der Waals surface area contributed by atoms with Crippen LogP contribution in [0.5, 0.6) is 0 Å². The molecule has 0 heterocycles. The zero-order chi connectivity index (χ0) is 23.0. The lowest BCUT2D eigenvalue weighted by Crippen LogP contribution is -2.41. The minimum absolute atomic E-state index is 0.211. The van der Waals surface area contributed by atoms with Crippen molar-refractivity contribution in [1.29, 1.82) is 0 Å². The predicted molar refractivity (Wildman–Crippen MR) is 121 cm³/mol. The number of hydrogen-bond donors (Lipinski definition) is 2. The minimum Gasteiger partial charge on any atom is -0.481 e. The maximum absolute atomic E-state index is 13.3. The van der Waals surface area contributed by atoms with Gasteiger partial charge >= 0.3 is 13.6 Å². The summed E-state index contributed by atoms with van der Waals surface area (Å²) in [5.41, 5.74) is 0. The Kier molecular flexibility index (Phi) is 16.2. The van der Waals surface area contributed by atoms with Crippen LogP contribution in [0.3, 0.4) is 0 Å². The molecule has 30 heavy (non-hydrogen) atoms. The summed E-state index contributed by atoms with van der Waals surface area (Å²) in [4.78, 5) is 23.8. The van der Waals surface area contributed by atoms with Crippen molar-refractivity contribution in [3.8, 4) is 0 Å². The highest BCUT2D eigenvalue weighted by Gasteiger charge is 2.38. The predicted octanol–water partition coefficient (Wildman–Crippen LogP) is 5.97. The van der Waals surface area contributed by atoms with E-state index in [2.05, 4.69) is 12.2 Å². The maximum atomic E-state index is 13.3. The summed E-state index contributed by atoms with van der Waals surface area (Å²) >= 11 is 0. The molecule has 1 unspecified atom stereocenters. The second kappa shape index (κ2) is 16.7. The normalized spacial score (nSPS) is 14.8. The average Bonchev–Trinajstić information content (AvgIpc) is 2.70. The molecule has 0 spiro atoms. The molecule has 7 nitrogen and oxygen atoms in total. The van der Waals surface area contributed by atoms with Gasteiger partial charge in [0.05, 0.1) is 19.1 Å². The number of carbonyl (C=O) groups excluding carboxylic acids is 1. The van der Waals surface area contributed by atoms with Crippen LogP contribution in [0.25, 0.3) is 0 Å². The number of rotatable bonds is 19. The number of carboxylic acids is 1. The number of hydrogen-bond acceptors (Lipinski definition) is 5. The average molecular weight is 450 g/mol. The number of carbonyl (C=O) groups is 2. The van der Waals surface area contributed by atoms with Gasteiger partial charge in [0.25, 0.3) is 0 Å². The van der Waals surface area contributed by atoms with Gasteiger partial charge in [0.15, 0.2) is 0 Å². The molecule has 0 saturated heterocycles. The standard InChI is InChI=1S/C22H44NO6P/c1-6-9-10-11-12-13-14-15-16-17-20(30(27,28-7-2)29-8-3)23-21(24)18(4)19(5)22(25)26/h18-20H,6-17H2,1-5H3,(H,23,24)(H,25,26)/t18-,19-,20?/m1/s1. The highest BCUT2D eigenvalue weighted by molar-refractivity contribution is 7.54. The number of aliphatic carboxylic acids is 1. The number of nitrogens with one attached hydrogen (secondary N) is 1. The summed E-state index contributed by atoms with van der Waals surface area (Å²) in [6, 6.07) is 0. The van der Waals surface area contributed by atoms with Crippen LogP contribution in [-0.2, 0) is 23.2 Å². The highest BCUT2D eigenvalue weighted by atomic mass is 31.2. The van der Waals surface area contributed by atoms with Crippen molar-refractivity contribution in [3.05, 3.63) is 0 Å². The van der Waals surface area contributed by atoms with Crippen molar-refractivity contribution in [2.45, 2.75) is 105 Å². The molecule has 0 rings (SSSR count). The van der Waals surface area contributed by atoms with E-state index in [1.165, 1.54) is 45.4 Å². The van der Waals surface area contributed by atoms with Gasteiger partial charge in [-0.1, -0.05) is 78.6 Å². The summed E-state index contributed by atoms with van der Waals surface area (Å²) < 4.78 is 24.2. The molecule has 0 aromatic carbocycles. The summed E-state index contributed by atoms with van der Waals surface area (Å²) in [6.45, 7) is 9.16. The van der Waals surface area contributed by atoms with E-state index in [1.807, 2.05) is 0 Å². The SMILES string of the molecule is CCCCCCCCCCCC(NC(=O)[C@H](C)[C@@H](C)C(=O)O)P(=O)(OCC)OCC. The molecule has 8 heteroatoms. The number of carboxylic acid groups (broad SMARTS) is 1. The minimum atomic E-state index is -3.53. The van der Waals surface area contributed by atoms with Gasteiger partial charge in [-0.15, -0.1) is 0 Å². The Hall–Kier alpha value is -0.910. The fourth-order valence-corrected chi connectivity index (χ4v) is 5.21. The lowest BCUT2D eigenvalue weighted by molar-refractivity contribution is -0.146. The van der Waals surface area contributed by atoms with Crippen LogP contribution in [0.2, 0.25) is 0 Å². The van der Waals surface area contributed by atoms with Gasteiger partial charge in [0.1, 0.15) is 5.78 Å². The van der Waals surface area contributed by atoms with E-state index in [-0.39, 0.29) is 13.2 Å². The van der Waals surface area contributed by atoms with Gasteiger partial charge in [0, 0.05) is 5.92 Å². The Labute approximate surface area is 183 Å². The monoisotopic (exact) mass is 449 g/mol. The molecule has 0 saturated carbocycles. The molecule has 0 radical (unpaired) electrons. The molecule has 0 aromatic heterocycles. The molecule has 2 N–H and O–H groups in total. The Morgan fingerprint density at radius 1 is 0.833 bits per heavy atom. The van der Waals surface area contributed by atoms with Gasteiger partial charge in [-0.25, -0.2) is 0 Å². The molecule has 1 amide bonds. The van der Waals surface area contributed by atoms with Crippen molar-refractivity contribution in [3.63, 3.8) is 0 Å². The molecular weight excluding hydrogens is 405 g/mol. The van der Waals surface area contributed by atoms with Gasteiger partial charge in [-0.2, -0.15) is 0 Å². The zero-order valence-electron chi connectivity index (χ0n) is 19.7. The molecule has 3 atom stereocenters. The van der Waals surface area contributed by atoms with Crippen LogP contribution in [0.15, 0.2) is 0 Å². The van der Waals surface area contributed by atoms with E-state index in [1.54, 1.807) is 20.8 Å². The summed E-state index contributed by atoms with van der Waals surface area (Å²) in [5, 5.41) is 11.9. The van der Waals surface area contributed by atoms with E-state index in [9.17, 15) is 19.3 Å². The Morgan fingerprint density at radius 3 is 1.73 bits per heavy atom. The molecule has 0 aliphatic rings. The third kappa shape index (κ3) is 11.5. The van der Waals surface area contributed by atoms with Crippen molar-refractivity contribution in [1.82, 2.24) is 5.32 Å². The van der Waals surface area contributed by atoms with Crippen molar-refractivity contribution < 1.29 is 28.3 Å². The lowest BCUT2D eigenvalue weighted by Gasteiger charge is -2.28. The Balaban J connectivity index is 4.83. The van der Waals surface area contributed by atoms with Crippen LogP contribution in [-0.4, -0.2) is 36.0 Å². The van der Waals surface area contributed by atoms with Crippen LogP contribution in [0.1, 0.15) is 98.8 Å². The Bertz CT molecular complexity index is 518. The molecular formula is C22H44NO6P. The van der Waals surface area contributed by atoms with Crippen LogP contribution >= 0.6 is 7.60 Å². The zero-order valence-corrected chi connectivity index (χ0v) is 20.5. The summed E-state index contributed by atoms with van der Waals surface area (Å²) in [6.07, 6.45) is 10.9. The molecule has 0 aliphatic heterocycles. The van der Waals surface area contributed by atoms with Crippen LogP contribution < -0.4 is 5.32 Å². The van der Waals surface area contributed by atoms with Crippen LogP contribution in [0.4, 0.5) is 0 Å². The molecule has 0 aromatic rings. The largest absolute Gasteiger partial charge is 0.481 e. The summed E-state index contributed by atoms with van der Waals surface area (Å²) in [7, 11) is -3.53. The smallest absolute Gasteiger partial charge is 0.352 e. The molecule has 0 aliphatic carbocycles. The first-order valence-electron chi connectivity index (χ1n) is 11.6. The first kappa shape index (κ1) is 29.1. The number of unbranched alkanes of at least 4 members (excludes halogenated alkanes) is 8. The lowest BCUT2D eigenvalue weighted by atomic mass is 9.95. The molecule has 178 valence electrons. The van der Waals surface area contributed by atoms with Crippen molar-refractivity contribution in [2.75, 3.05) is 13.2 Å². The van der Waals surface area contributed by atoms with E-state index in [4.69, 9.17) is 9.05 Å². The second-order valence-electron chi connectivity index (χ2n) is 7.93. The first-order valence-corrected chi connectivity index (χ1v) is 13.3. The van der Waals surface area contributed by atoms with Gasteiger partial charge in [-0.05, 0) is 20.3 Å². The van der Waals surface area contributed by atoms with Gasteiger partial charge < -0.3 is 19.5 Å². The quantitative estimate of drug-likeness (QED) is 0.186. The Morgan fingerprint density at radius 2 is 1.30 bits per heavy atom. The fraction of sp³-hybridized carbons (Fsp3) is 0.909. The van der Waals surface area contributed by atoms with Crippen molar-refractivity contribution >= 4 is 19.5 Å². The topological polar surface area (TPSA) is 102 Å². The number of amides is 1. The van der Waals surface area contributed by atoms with Gasteiger partial charge in [-0.3, -0.25) is 14.2 Å². The van der Waals surface area contributed by atoms with E-state index in [0.717, 1.165) is 19.3 Å². The van der Waals surface area contributed by atoms with E-state index >= 15 is 0 Å². The molecule has 0 fully saturated rings.